The number of benzene rings is 1. The number of aliphatic hydroxyl groups is 2. The van der Waals surface area contributed by atoms with E-state index < -0.39 is 35.6 Å². The first-order valence-corrected chi connectivity index (χ1v) is 15.4. The highest BCUT2D eigenvalue weighted by molar-refractivity contribution is 8.10. The lowest BCUT2D eigenvalue weighted by atomic mass is 9.86. The van der Waals surface area contributed by atoms with Crippen molar-refractivity contribution >= 4 is 28.5 Å². The summed E-state index contributed by atoms with van der Waals surface area (Å²) in [5.74, 6) is -0.771. The molecule has 40 heavy (non-hydrogen) atoms. The van der Waals surface area contributed by atoms with Gasteiger partial charge in [0.15, 0.2) is 0 Å². The van der Waals surface area contributed by atoms with Gasteiger partial charge in [-0.05, 0) is 42.2 Å². The average molecular weight is 578 g/mol. The minimum absolute atomic E-state index is 0.0643. The van der Waals surface area contributed by atoms with Gasteiger partial charge in [-0.2, -0.15) is 0 Å². The van der Waals surface area contributed by atoms with E-state index in [0.717, 1.165) is 22.5 Å². The van der Waals surface area contributed by atoms with Gasteiger partial charge < -0.3 is 26.2 Å². The first kappa shape index (κ1) is 37.9. The topological polar surface area (TPSA) is 116 Å². The van der Waals surface area contributed by atoms with Crippen molar-refractivity contribution in [3.63, 3.8) is 0 Å². The predicted octanol–water partition coefficient (Wildman–Crippen LogP) is 6.02. The van der Waals surface area contributed by atoms with Gasteiger partial charge in [-0.15, -0.1) is 0 Å². The third-order valence-corrected chi connectivity index (χ3v) is 7.32. The summed E-state index contributed by atoms with van der Waals surface area (Å²) in [5, 5.41) is 25.1. The highest BCUT2D eigenvalue weighted by Crippen LogP contribution is 2.32. The van der Waals surface area contributed by atoms with Crippen LogP contribution in [0.3, 0.4) is 0 Å². The Morgan fingerprint density at radius 3 is 2.15 bits per heavy atom. The van der Waals surface area contributed by atoms with Gasteiger partial charge in [0.1, 0.15) is 6.04 Å². The van der Waals surface area contributed by atoms with Crippen LogP contribution in [0.5, 0.6) is 0 Å². The lowest BCUT2D eigenvalue weighted by molar-refractivity contribution is -0.141. The number of thioether (sulfide) groups is 1. The largest absolute Gasteiger partial charge is 0.394 e. The van der Waals surface area contributed by atoms with Crippen molar-refractivity contribution in [1.29, 1.82) is 0 Å². The fourth-order valence-electron chi connectivity index (χ4n) is 3.91. The molecular weight excluding hydrogens is 522 g/mol. The molecule has 4 atom stereocenters. The molecule has 3 unspecified atom stereocenters. The van der Waals surface area contributed by atoms with E-state index in [1.54, 1.807) is 11.8 Å². The molecule has 0 spiro atoms. The number of likely N-dealkylation sites (tertiary alicyclic amines) is 1. The maximum Gasteiger partial charge on any atom is 0.243 e. The summed E-state index contributed by atoms with van der Waals surface area (Å²) in [4.78, 5) is 28.7. The van der Waals surface area contributed by atoms with E-state index in [4.69, 9.17) is 5.73 Å². The molecule has 5 N–H and O–H groups in total. The van der Waals surface area contributed by atoms with E-state index in [1.165, 1.54) is 16.9 Å². The van der Waals surface area contributed by atoms with Gasteiger partial charge in [-0.1, -0.05) is 109 Å². The fraction of sp³-hybridized carbons (Fsp3) is 0.625. The number of aliphatic hydroxyl groups excluding tert-OH is 2. The molecular formula is C32H55N3O4S. The van der Waals surface area contributed by atoms with E-state index in [1.807, 2.05) is 58.9 Å². The Labute approximate surface area is 247 Å². The van der Waals surface area contributed by atoms with Crippen molar-refractivity contribution in [3.8, 4) is 0 Å². The second-order valence-electron chi connectivity index (χ2n) is 11.0. The van der Waals surface area contributed by atoms with E-state index in [9.17, 15) is 19.8 Å². The molecule has 2 amide bonds. The Balaban J connectivity index is 0.00000284. The van der Waals surface area contributed by atoms with E-state index in [0.29, 0.717) is 0 Å². The van der Waals surface area contributed by atoms with Crippen LogP contribution in [0.25, 0.3) is 4.91 Å². The Morgan fingerprint density at radius 2 is 1.70 bits per heavy atom. The number of amides is 2. The third kappa shape index (κ3) is 11.8. The van der Waals surface area contributed by atoms with Gasteiger partial charge in [0.05, 0.1) is 24.8 Å². The van der Waals surface area contributed by atoms with Gasteiger partial charge in [0, 0.05) is 17.9 Å². The van der Waals surface area contributed by atoms with E-state index >= 15 is 0 Å². The molecule has 0 radical (unpaired) electrons. The van der Waals surface area contributed by atoms with Crippen LogP contribution in [0.2, 0.25) is 0 Å². The molecule has 0 bridgehead atoms. The number of hydrogen-bond acceptors (Lipinski definition) is 6. The van der Waals surface area contributed by atoms with Crippen LogP contribution in [0, 0.1) is 5.41 Å². The number of carbonyl (C=O) groups excluding carboxylic acids is 2. The summed E-state index contributed by atoms with van der Waals surface area (Å²) in [6.07, 6.45) is 3.68. The van der Waals surface area contributed by atoms with Crippen LogP contribution in [0.15, 0.2) is 41.3 Å². The maximum absolute atomic E-state index is 13.1. The second-order valence-corrected chi connectivity index (χ2v) is 12.0. The number of allylic oxidation sites excluding steroid dienone is 2. The molecule has 1 aliphatic heterocycles. The zero-order valence-electron chi connectivity index (χ0n) is 26.5. The Kier molecular flexibility index (Phi) is 18.1. The Bertz CT molecular complexity index is 950. The Hall–Kier alpha value is -2.13. The smallest absolute Gasteiger partial charge is 0.243 e. The van der Waals surface area contributed by atoms with Crippen molar-refractivity contribution in [2.24, 2.45) is 11.1 Å². The normalized spacial score (nSPS) is 18.2. The molecule has 1 aliphatic rings. The van der Waals surface area contributed by atoms with Crippen LogP contribution in [-0.4, -0.2) is 58.3 Å². The molecule has 0 aromatic heterocycles. The molecule has 0 aliphatic carbocycles. The van der Waals surface area contributed by atoms with Crippen molar-refractivity contribution in [2.45, 2.75) is 113 Å². The van der Waals surface area contributed by atoms with Crippen LogP contribution in [0.1, 0.15) is 106 Å². The molecule has 1 heterocycles. The minimum atomic E-state index is -0.835. The number of nitrogens with two attached hydrogens (primary N) is 1. The van der Waals surface area contributed by atoms with Crippen LogP contribution < -0.4 is 11.1 Å². The third-order valence-electron chi connectivity index (χ3n) is 6.11. The number of nitrogens with one attached hydrogen (secondary N) is 1. The van der Waals surface area contributed by atoms with Crippen molar-refractivity contribution in [1.82, 2.24) is 10.2 Å². The molecule has 8 heteroatoms. The van der Waals surface area contributed by atoms with Gasteiger partial charge in [0.2, 0.25) is 11.8 Å². The fourth-order valence-corrected chi connectivity index (χ4v) is 4.84. The predicted molar refractivity (Wildman–Crippen MR) is 171 cm³/mol. The zero-order valence-corrected chi connectivity index (χ0v) is 27.3. The number of rotatable bonds is 9. The number of hydrogen-bond donors (Lipinski definition) is 4. The SMILES string of the molecule is CC.CC/C=C\SC(=C(C)C)c1ccc(C(CO)NC(=O)C2C[C@@H](O)CN2C(=O)C(N)C(C)(C)C)cc1.CCC. The summed E-state index contributed by atoms with van der Waals surface area (Å²) >= 11 is 1.67. The van der Waals surface area contributed by atoms with Gasteiger partial charge >= 0.3 is 0 Å². The summed E-state index contributed by atoms with van der Waals surface area (Å²) in [6.45, 7) is 19.8. The first-order chi connectivity index (χ1) is 18.8. The quantitative estimate of drug-likeness (QED) is 0.285. The van der Waals surface area contributed by atoms with Crippen LogP contribution >= 0.6 is 11.8 Å². The monoisotopic (exact) mass is 577 g/mol. The molecule has 228 valence electrons. The number of nitrogens with zero attached hydrogens (tertiary/aromatic N) is 1. The van der Waals surface area contributed by atoms with Crippen LogP contribution in [-0.2, 0) is 9.59 Å². The summed E-state index contributed by atoms with van der Waals surface area (Å²) < 4.78 is 0. The lowest BCUT2D eigenvalue weighted by Gasteiger charge is -2.33. The summed E-state index contributed by atoms with van der Waals surface area (Å²) in [6, 6.07) is 5.49. The molecule has 7 nitrogen and oxygen atoms in total. The van der Waals surface area contributed by atoms with Crippen molar-refractivity contribution in [3.05, 3.63) is 52.4 Å². The maximum atomic E-state index is 13.1. The van der Waals surface area contributed by atoms with Gasteiger partial charge in [-0.3, -0.25) is 9.59 Å². The van der Waals surface area contributed by atoms with Crippen molar-refractivity contribution < 1.29 is 19.8 Å². The Morgan fingerprint density at radius 1 is 1.15 bits per heavy atom. The molecule has 1 aromatic carbocycles. The van der Waals surface area contributed by atoms with Crippen molar-refractivity contribution in [2.75, 3.05) is 13.2 Å². The standard InChI is InChI=1S/C27H41N3O4S.C3H8.C2H6/c1-7-8-13-35-23(17(2)3)19-11-9-18(10-12-19)21(16-31)29-25(33)22-14-20(32)15-30(22)26(34)24(28)27(4,5)6;1-3-2;1-2/h8-13,20-22,24,31-32H,7,14-16,28H2,1-6H3,(H,29,33);3H2,1-2H3;1-2H3/b13-8-;;/t20-,21?,22?,24?;;/m1../s1. The van der Waals surface area contributed by atoms with Crippen LogP contribution in [0.4, 0.5) is 0 Å². The average Bonchev–Trinajstić information content (AvgIpc) is 3.31. The number of carbonyl (C=O) groups is 2. The summed E-state index contributed by atoms with van der Waals surface area (Å²) in [5.41, 5.74) is 8.69. The minimum Gasteiger partial charge on any atom is -0.394 e. The van der Waals surface area contributed by atoms with Gasteiger partial charge in [0.25, 0.3) is 0 Å². The molecule has 0 saturated carbocycles. The summed E-state index contributed by atoms with van der Waals surface area (Å²) in [7, 11) is 0. The van der Waals surface area contributed by atoms with E-state index in [-0.39, 0.29) is 25.5 Å². The molecule has 1 fully saturated rings. The highest BCUT2D eigenvalue weighted by Gasteiger charge is 2.43. The zero-order chi connectivity index (χ0) is 31.0. The lowest BCUT2D eigenvalue weighted by Crippen LogP contribution is -2.55. The van der Waals surface area contributed by atoms with Gasteiger partial charge in [-0.25, -0.2) is 0 Å². The second kappa shape index (κ2) is 19.1. The highest BCUT2D eigenvalue weighted by atomic mass is 32.2. The first-order valence-electron chi connectivity index (χ1n) is 14.6. The molecule has 2 rings (SSSR count). The molecule has 1 saturated heterocycles. The molecule has 1 aromatic rings. The van der Waals surface area contributed by atoms with E-state index in [2.05, 4.69) is 51.4 Å². The number of β-amino-alcohol motifs (C(OH)–C–C–N with tert-alkyl or cyclic N) is 1.